The number of hydrogen-bond acceptors (Lipinski definition) is 5. The summed E-state index contributed by atoms with van der Waals surface area (Å²) in [6.07, 6.45) is 0. The third-order valence-corrected chi connectivity index (χ3v) is 1.71. The quantitative estimate of drug-likeness (QED) is 0.775. The van der Waals surface area contributed by atoms with Gasteiger partial charge in [0, 0.05) is 0 Å². The Morgan fingerprint density at radius 2 is 2.27 bits per heavy atom. The van der Waals surface area contributed by atoms with Crippen LogP contribution in [0.25, 0.3) is 0 Å². The first kappa shape index (κ1) is 9.57. The van der Waals surface area contributed by atoms with Crippen molar-refractivity contribution < 1.29 is 8.91 Å². The van der Waals surface area contributed by atoms with Crippen LogP contribution in [0.5, 0.6) is 0 Å². The van der Waals surface area contributed by atoms with Crippen molar-refractivity contribution in [1.82, 2.24) is 15.1 Å². The van der Waals surface area contributed by atoms with Crippen LogP contribution >= 0.6 is 0 Å². The monoisotopic (exact) mass is 208 g/mol. The number of hydrogen-bond donors (Lipinski definition) is 1. The van der Waals surface area contributed by atoms with E-state index in [0.29, 0.717) is 24.1 Å². The van der Waals surface area contributed by atoms with Gasteiger partial charge in [-0.2, -0.15) is 9.37 Å². The fraction of sp³-hybridized carbons (Fsp3) is 0.222. The summed E-state index contributed by atoms with van der Waals surface area (Å²) in [4.78, 5) is 7.61. The van der Waals surface area contributed by atoms with E-state index >= 15 is 0 Å². The summed E-state index contributed by atoms with van der Waals surface area (Å²) in [6, 6.07) is 4.51. The van der Waals surface area contributed by atoms with E-state index in [9.17, 15) is 4.39 Å². The van der Waals surface area contributed by atoms with Gasteiger partial charge in [-0.3, -0.25) is 0 Å². The number of aromatic nitrogens is 3. The van der Waals surface area contributed by atoms with Gasteiger partial charge in [0.25, 0.3) is 0 Å². The summed E-state index contributed by atoms with van der Waals surface area (Å²) in [5, 5.41) is 6.49. The van der Waals surface area contributed by atoms with Crippen LogP contribution in [0.3, 0.4) is 0 Å². The molecule has 2 aromatic heterocycles. The molecule has 0 aliphatic carbocycles. The molecule has 0 spiro atoms. The van der Waals surface area contributed by atoms with Crippen LogP contribution in [0, 0.1) is 12.9 Å². The summed E-state index contributed by atoms with van der Waals surface area (Å²) in [6.45, 7) is 2.06. The van der Waals surface area contributed by atoms with Crippen LogP contribution < -0.4 is 5.32 Å². The zero-order valence-electron chi connectivity index (χ0n) is 8.07. The molecule has 0 radical (unpaired) electrons. The Morgan fingerprint density at radius 1 is 1.40 bits per heavy atom. The van der Waals surface area contributed by atoms with Gasteiger partial charge in [-0.05, 0) is 19.1 Å². The molecule has 2 aromatic rings. The highest BCUT2D eigenvalue weighted by molar-refractivity contribution is 5.33. The van der Waals surface area contributed by atoms with Crippen molar-refractivity contribution in [3.05, 3.63) is 35.9 Å². The van der Waals surface area contributed by atoms with Crippen LogP contribution in [-0.4, -0.2) is 15.1 Å². The number of anilines is 1. The van der Waals surface area contributed by atoms with Gasteiger partial charge in [-0.15, -0.1) is 0 Å². The molecule has 0 atom stereocenters. The van der Waals surface area contributed by atoms with Gasteiger partial charge in [0.1, 0.15) is 5.82 Å². The maximum atomic E-state index is 12.7. The molecule has 15 heavy (non-hydrogen) atoms. The lowest BCUT2D eigenvalue weighted by Gasteiger charge is -2.00. The van der Waals surface area contributed by atoms with Gasteiger partial charge in [-0.25, -0.2) is 4.98 Å². The Kier molecular flexibility index (Phi) is 2.57. The molecule has 2 heterocycles. The number of aryl methyl sites for hydroxylation is 1. The molecular formula is C9H9FN4O. The second kappa shape index (κ2) is 4.04. The summed E-state index contributed by atoms with van der Waals surface area (Å²) >= 11 is 0. The van der Waals surface area contributed by atoms with Gasteiger partial charge in [0.05, 0.1) is 6.54 Å². The van der Waals surface area contributed by atoms with Gasteiger partial charge >= 0.3 is 0 Å². The number of nitrogens with zero attached hydrogens (tertiary/aromatic N) is 3. The fourth-order valence-corrected chi connectivity index (χ4v) is 1.08. The van der Waals surface area contributed by atoms with E-state index < -0.39 is 5.95 Å². The largest absolute Gasteiger partial charge is 0.361 e. The molecule has 0 aliphatic rings. The van der Waals surface area contributed by atoms with Gasteiger partial charge in [-0.1, -0.05) is 11.2 Å². The maximum absolute atomic E-state index is 12.7. The Hall–Kier alpha value is -1.98. The van der Waals surface area contributed by atoms with Crippen molar-refractivity contribution in [2.75, 3.05) is 5.32 Å². The highest BCUT2D eigenvalue weighted by Crippen LogP contribution is 2.05. The summed E-state index contributed by atoms with van der Waals surface area (Å²) < 4.78 is 17.6. The maximum Gasteiger partial charge on any atom is 0.245 e. The normalized spacial score (nSPS) is 10.3. The predicted octanol–water partition coefficient (Wildman–Crippen LogP) is 1.52. The minimum absolute atomic E-state index is 0.331. The Balaban J connectivity index is 1.99. The molecule has 0 amide bonds. The minimum atomic E-state index is -0.526. The van der Waals surface area contributed by atoms with Crippen LogP contribution in [0.15, 0.2) is 22.7 Å². The summed E-state index contributed by atoms with van der Waals surface area (Å²) in [5.74, 6) is 0.921. The van der Waals surface area contributed by atoms with Crippen molar-refractivity contribution in [2.24, 2.45) is 0 Å². The summed E-state index contributed by atoms with van der Waals surface area (Å²) in [7, 11) is 0. The molecule has 0 aliphatic heterocycles. The lowest BCUT2D eigenvalue weighted by atomic mass is 10.4. The van der Waals surface area contributed by atoms with Crippen LogP contribution in [-0.2, 0) is 6.54 Å². The topological polar surface area (TPSA) is 63.8 Å². The molecule has 0 saturated heterocycles. The molecular weight excluding hydrogens is 199 g/mol. The fourth-order valence-electron chi connectivity index (χ4n) is 1.08. The second-order valence-corrected chi connectivity index (χ2v) is 2.93. The van der Waals surface area contributed by atoms with E-state index in [4.69, 9.17) is 4.52 Å². The number of halogens is 1. The van der Waals surface area contributed by atoms with E-state index in [-0.39, 0.29) is 0 Å². The Morgan fingerprint density at radius 3 is 2.93 bits per heavy atom. The van der Waals surface area contributed by atoms with E-state index in [2.05, 4.69) is 20.4 Å². The van der Waals surface area contributed by atoms with E-state index in [1.165, 1.54) is 6.07 Å². The first-order chi connectivity index (χ1) is 7.24. The molecule has 78 valence electrons. The minimum Gasteiger partial charge on any atom is -0.361 e. The van der Waals surface area contributed by atoms with E-state index in [1.807, 2.05) is 0 Å². The molecule has 0 aromatic carbocycles. The van der Waals surface area contributed by atoms with E-state index in [1.54, 1.807) is 19.1 Å². The number of rotatable bonds is 3. The number of pyridine rings is 1. The zero-order valence-corrected chi connectivity index (χ0v) is 8.07. The highest BCUT2D eigenvalue weighted by atomic mass is 19.1. The molecule has 5 nitrogen and oxygen atoms in total. The van der Waals surface area contributed by atoms with Crippen molar-refractivity contribution in [2.45, 2.75) is 13.5 Å². The Labute approximate surface area is 85.3 Å². The second-order valence-electron chi connectivity index (χ2n) is 2.93. The van der Waals surface area contributed by atoms with Crippen molar-refractivity contribution in [3.8, 4) is 0 Å². The molecule has 1 N–H and O–H groups in total. The van der Waals surface area contributed by atoms with Crippen LogP contribution in [0.4, 0.5) is 10.2 Å². The Bertz CT molecular complexity index is 457. The highest BCUT2D eigenvalue weighted by Gasteiger charge is 2.02. The third kappa shape index (κ3) is 2.49. The van der Waals surface area contributed by atoms with Crippen LogP contribution in [0.2, 0.25) is 0 Å². The molecule has 0 unspecified atom stereocenters. The van der Waals surface area contributed by atoms with Gasteiger partial charge < -0.3 is 9.84 Å². The molecule has 0 bridgehead atoms. The van der Waals surface area contributed by atoms with Crippen molar-refractivity contribution in [3.63, 3.8) is 0 Å². The zero-order chi connectivity index (χ0) is 10.7. The van der Waals surface area contributed by atoms with Crippen molar-refractivity contribution >= 4 is 5.82 Å². The SMILES string of the molecule is Cc1noc(CNc2cccc(F)n2)n1. The smallest absolute Gasteiger partial charge is 0.245 e. The van der Waals surface area contributed by atoms with Gasteiger partial charge in [0.15, 0.2) is 5.82 Å². The first-order valence-electron chi connectivity index (χ1n) is 4.39. The first-order valence-corrected chi connectivity index (χ1v) is 4.39. The standard InChI is InChI=1S/C9H9FN4O/c1-6-12-9(15-14-6)5-11-8-4-2-3-7(10)13-8/h2-4H,5H2,1H3,(H,11,13). The molecule has 0 fully saturated rings. The van der Waals surface area contributed by atoms with Crippen molar-refractivity contribution in [1.29, 1.82) is 0 Å². The van der Waals surface area contributed by atoms with E-state index in [0.717, 1.165) is 0 Å². The molecule has 6 heteroatoms. The summed E-state index contributed by atoms with van der Waals surface area (Å²) in [5.41, 5.74) is 0. The lowest BCUT2D eigenvalue weighted by Crippen LogP contribution is -2.02. The average molecular weight is 208 g/mol. The molecule has 2 rings (SSSR count). The van der Waals surface area contributed by atoms with Crippen LogP contribution in [0.1, 0.15) is 11.7 Å². The average Bonchev–Trinajstić information content (AvgIpc) is 2.62. The lowest BCUT2D eigenvalue weighted by molar-refractivity contribution is 0.379. The molecule has 0 saturated carbocycles. The third-order valence-electron chi connectivity index (χ3n) is 1.71. The number of nitrogens with one attached hydrogen (secondary N) is 1. The predicted molar refractivity (Wildman–Crippen MR) is 50.6 cm³/mol. The van der Waals surface area contributed by atoms with Gasteiger partial charge in [0.2, 0.25) is 11.8 Å².